The number of rotatable bonds is 3. The average molecular weight is 230 g/mol. The van der Waals surface area contributed by atoms with Crippen LogP contribution in [0.1, 0.15) is 0 Å². The molecule has 2 aromatic carbocycles. The smallest absolute Gasteiger partial charge is 0.532 e. The monoisotopic (exact) mass is 230 g/mol. The minimum atomic E-state index is -0.938. The standard InChI is InChI=1S/C12H11BO2S/c14-13(10-4-2-1-3-5-10)15-11-6-8-12(16)9-7-11/h1-9,14,16H. The predicted molar refractivity (Wildman–Crippen MR) is 68.4 cm³/mol. The zero-order chi connectivity index (χ0) is 11.4. The van der Waals surface area contributed by atoms with Crippen LogP contribution in [-0.4, -0.2) is 12.1 Å². The van der Waals surface area contributed by atoms with Gasteiger partial charge in [0.1, 0.15) is 5.75 Å². The maximum atomic E-state index is 9.80. The van der Waals surface area contributed by atoms with Crippen molar-refractivity contribution in [1.29, 1.82) is 0 Å². The van der Waals surface area contributed by atoms with Crippen LogP contribution in [0.3, 0.4) is 0 Å². The third-order valence-corrected chi connectivity index (χ3v) is 2.47. The van der Waals surface area contributed by atoms with Gasteiger partial charge in [-0.2, -0.15) is 0 Å². The Balaban J connectivity index is 2.08. The summed E-state index contributed by atoms with van der Waals surface area (Å²) in [4.78, 5) is 0.863. The van der Waals surface area contributed by atoms with Gasteiger partial charge in [-0.1, -0.05) is 30.3 Å². The van der Waals surface area contributed by atoms with Gasteiger partial charge in [0, 0.05) is 4.90 Å². The molecule has 0 saturated heterocycles. The van der Waals surface area contributed by atoms with Gasteiger partial charge in [0.25, 0.3) is 0 Å². The highest BCUT2D eigenvalue weighted by atomic mass is 32.1. The Morgan fingerprint density at radius 2 is 1.56 bits per heavy atom. The van der Waals surface area contributed by atoms with Crippen LogP contribution in [0.2, 0.25) is 0 Å². The van der Waals surface area contributed by atoms with Crippen molar-refractivity contribution in [2.45, 2.75) is 4.90 Å². The highest BCUT2D eigenvalue weighted by molar-refractivity contribution is 7.80. The van der Waals surface area contributed by atoms with E-state index in [-0.39, 0.29) is 0 Å². The molecule has 2 rings (SSSR count). The summed E-state index contributed by atoms with van der Waals surface area (Å²) in [5.74, 6) is 0.620. The largest absolute Gasteiger partial charge is 0.560 e. The van der Waals surface area contributed by atoms with Crippen molar-refractivity contribution >= 4 is 25.2 Å². The first-order valence-corrected chi connectivity index (χ1v) is 5.39. The van der Waals surface area contributed by atoms with Gasteiger partial charge in [-0.05, 0) is 29.7 Å². The fourth-order valence-corrected chi connectivity index (χ4v) is 1.49. The van der Waals surface area contributed by atoms with E-state index in [1.54, 1.807) is 12.1 Å². The second kappa shape index (κ2) is 5.10. The molecule has 0 unspecified atom stereocenters. The topological polar surface area (TPSA) is 29.5 Å². The Bertz CT molecular complexity index is 444. The predicted octanol–water partition coefficient (Wildman–Crippen LogP) is 1.74. The Kier molecular flexibility index (Phi) is 3.54. The van der Waals surface area contributed by atoms with E-state index in [9.17, 15) is 5.02 Å². The summed E-state index contributed by atoms with van der Waals surface area (Å²) in [6.07, 6.45) is 0. The fourth-order valence-electron chi connectivity index (χ4n) is 1.34. The number of hydrogen-bond donors (Lipinski definition) is 2. The van der Waals surface area contributed by atoms with Crippen LogP contribution in [0.15, 0.2) is 59.5 Å². The molecule has 0 atom stereocenters. The molecule has 4 heteroatoms. The van der Waals surface area contributed by atoms with E-state index in [1.807, 2.05) is 42.5 Å². The molecule has 2 aromatic rings. The average Bonchev–Trinajstić information content (AvgIpc) is 2.33. The van der Waals surface area contributed by atoms with Crippen LogP contribution < -0.4 is 10.1 Å². The lowest BCUT2D eigenvalue weighted by Gasteiger charge is -2.09. The quantitative estimate of drug-likeness (QED) is 0.621. The van der Waals surface area contributed by atoms with E-state index in [0.717, 1.165) is 10.4 Å². The second-order valence-electron chi connectivity index (χ2n) is 3.37. The molecule has 0 aliphatic carbocycles. The van der Waals surface area contributed by atoms with E-state index in [2.05, 4.69) is 12.6 Å². The third-order valence-electron chi connectivity index (χ3n) is 2.17. The van der Waals surface area contributed by atoms with Gasteiger partial charge in [-0.3, -0.25) is 0 Å². The van der Waals surface area contributed by atoms with Crippen molar-refractivity contribution in [3.63, 3.8) is 0 Å². The Labute approximate surface area is 100 Å². The maximum Gasteiger partial charge on any atom is 0.560 e. The lowest BCUT2D eigenvalue weighted by molar-refractivity contribution is 0.432. The van der Waals surface area contributed by atoms with Crippen LogP contribution in [0, 0.1) is 0 Å². The van der Waals surface area contributed by atoms with Gasteiger partial charge in [0.2, 0.25) is 0 Å². The van der Waals surface area contributed by atoms with E-state index in [4.69, 9.17) is 4.65 Å². The molecule has 0 bridgehead atoms. The number of benzene rings is 2. The highest BCUT2D eigenvalue weighted by Crippen LogP contribution is 2.14. The zero-order valence-corrected chi connectivity index (χ0v) is 9.47. The van der Waals surface area contributed by atoms with Crippen molar-refractivity contribution in [2.24, 2.45) is 0 Å². The van der Waals surface area contributed by atoms with Gasteiger partial charge in [0.15, 0.2) is 0 Å². The molecule has 0 amide bonds. The molecule has 0 heterocycles. The van der Waals surface area contributed by atoms with Gasteiger partial charge >= 0.3 is 7.12 Å². The molecule has 2 nitrogen and oxygen atoms in total. The molecule has 0 saturated carbocycles. The van der Waals surface area contributed by atoms with Crippen molar-refractivity contribution in [1.82, 2.24) is 0 Å². The normalized spacial score (nSPS) is 9.88. The molecule has 0 radical (unpaired) electrons. The van der Waals surface area contributed by atoms with Crippen molar-refractivity contribution < 1.29 is 9.68 Å². The molecule has 80 valence electrons. The van der Waals surface area contributed by atoms with Gasteiger partial charge in [-0.25, -0.2) is 0 Å². The van der Waals surface area contributed by atoms with Gasteiger partial charge in [-0.15, -0.1) is 12.6 Å². The van der Waals surface area contributed by atoms with Crippen molar-refractivity contribution in [3.8, 4) is 5.75 Å². The Morgan fingerprint density at radius 3 is 2.19 bits per heavy atom. The van der Waals surface area contributed by atoms with Crippen molar-refractivity contribution in [3.05, 3.63) is 54.6 Å². The summed E-state index contributed by atoms with van der Waals surface area (Å²) >= 11 is 4.17. The zero-order valence-electron chi connectivity index (χ0n) is 8.58. The van der Waals surface area contributed by atoms with Crippen LogP contribution in [0.5, 0.6) is 5.75 Å². The molecule has 16 heavy (non-hydrogen) atoms. The number of hydrogen-bond acceptors (Lipinski definition) is 3. The minimum absolute atomic E-state index is 0.620. The molecule has 0 aliphatic heterocycles. The summed E-state index contributed by atoms with van der Waals surface area (Å²) in [7, 11) is -0.938. The highest BCUT2D eigenvalue weighted by Gasteiger charge is 2.17. The number of thiol groups is 1. The van der Waals surface area contributed by atoms with E-state index in [1.165, 1.54) is 0 Å². The van der Waals surface area contributed by atoms with Gasteiger partial charge < -0.3 is 9.68 Å². The van der Waals surface area contributed by atoms with Crippen LogP contribution in [0.4, 0.5) is 0 Å². The first kappa shape index (κ1) is 11.1. The summed E-state index contributed by atoms with van der Waals surface area (Å²) in [5, 5.41) is 9.80. The maximum absolute atomic E-state index is 9.80. The van der Waals surface area contributed by atoms with E-state index < -0.39 is 7.12 Å². The molecule has 1 N–H and O–H groups in total. The lowest BCUT2D eigenvalue weighted by Crippen LogP contribution is -2.36. The fraction of sp³-hybridized carbons (Fsp3) is 0. The van der Waals surface area contributed by atoms with Crippen LogP contribution >= 0.6 is 12.6 Å². The summed E-state index contributed by atoms with van der Waals surface area (Å²) in [5.41, 5.74) is 0.734. The molecular weight excluding hydrogens is 219 g/mol. The van der Waals surface area contributed by atoms with Crippen LogP contribution in [-0.2, 0) is 0 Å². The molecule has 0 aliphatic rings. The Hall–Kier alpha value is -1.39. The van der Waals surface area contributed by atoms with E-state index >= 15 is 0 Å². The molecule has 0 aromatic heterocycles. The Morgan fingerprint density at radius 1 is 0.938 bits per heavy atom. The van der Waals surface area contributed by atoms with Gasteiger partial charge in [0.05, 0.1) is 0 Å². The minimum Gasteiger partial charge on any atom is -0.532 e. The SMILES string of the molecule is OB(Oc1ccc(S)cc1)c1ccccc1. The van der Waals surface area contributed by atoms with Crippen molar-refractivity contribution in [2.75, 3.05) is 0 Å². The molecule has 0 spiro atoms. The molecular formula is C12H11BO2S. The first-order chi connectivity index (χ1) is 7.75. The first-order valence-electron chi connectivity index (χ1n) is 4.94. The van der Waals surface area contributed by atoms with E-state index in [0.29, 0.717) is 5.75 Å². The summed E-state index contributed by atoms with van der Waals surface area (Å²) < 4.78 is 5.38. The lowest BCUT2D eigenvalue weighted by atomic mass is 9.79. The molecule has 0 fully saturated rings. The third kappa shape index (κ3) is 2.81. The summed E-state index contributed by atoms with van der Waals surface area (Å²) in [6.45, 7) is 0. The summed E-state index contributed by atoms with van der Waals surface area (Å²) in [6, 6.07) is 16.4. The van der Waals surface area contributed by atoms with Crippen LogP contribution in [0.25, 0.3) is 0 Å². The second-order valence-corrected chi connectivity index (χ2v) is 3.89.